The van der Waals surface area contributed by atoms with E-state index >= 15 is 0 Å². The number of H-pyrrole nitrogens is 1. The molecule has 0 radical (unpaired) electrons. The molecular formula is C24H23F6N7O5S. The first kappa shape index (κ1) is 34.5. The zero-order valence-electron chi connectivity index (χ0n) is 22.0. The number of aromatic nitrogens is 6. The quantitative estimate of drug-likeness (QED) is 0.0857. The van der Waals surface area contributed by atoms with Crippen molar-refractivity contribution in [2.75, 3.05) is 11.9 Å². The molecular weight excluding hydrogens is 612 g/mol. The van der Waals surface area contributed by atoms with E-state index in [1.807, 2.05) is 29.8 Å². The Morgan fingerprint density at radius 2 is 1.72 bits per heavy atom. The van der Waals surface area contributed by atoms with Gasteiger partial charge in [-0.1, -0.05) is 6.92 Å². The maximum atomic E-state index is 11.7. The maximum absolute atomic E-state index is 11.7. The van der Waals surface area contributed by atoms with Gasteiger partial charge in [-0.25, -0.2) is 24.5 Å². The Hall–Kier alpha value is -4.68. The first-order chi connectivity index (χ1) is 20.2. The number of nitrogens with one attached hydrogen (secondary N) is 2. The van der Waals surface area contributed by atoms with Crippen molar-refractivity contribution in [3.8, 4) is 0 Å². The standard InChI is InChI=1S/C20H21N7OS.2C2HF3O2/c1-2-16-15(12-28)17-18(23-7-4-9-27-10-8-22-13-27)25-20(26-19(17)24-16)29-14-5-3-6-21-11-14;2*3-2(4,5)1(6)7/h3,5-6,8,10-13H,2,4,7,9H2,1H3,(H2,23,24,25,26);2*(H,6,7). The molecule has 0 saturated carbocycles. The Labute approximate surface area is 242 Å². The zero-order chi connectivity index (χ0) is 32.2. The number of aliphatic carboxylic acids is 2. The second-order valence-electron chi connectivity index (χ2n) is 8.04. The fourth-order valence-corrected chi connectivity index (χ4v) is 3.87. The van der Waals surface area contributed by atoms with Gasteiger partial charge in [0.2, 0.25) is 0 Å². The number of aldehydes is 1. The number of imidazole rings is 1. The second kappa shape index (κ2) is 15.5. The number of aromatic amines is 1. The van der Waals surface area contributed by atoms with Crippen LogP contribution in [-0.2, 0) is 22.6 Å². The highest BCUT2D eigenvalue weighted by atomic mass is 32.2. The third-order valence-corrected chi connectivity index (χ3v) is 5.84. The van der Waals surface area contributed by atoms with Gasteiger partial charge in [-0.3, -0.25) is 9.78 Å². The third kappa shape index (κ3) is 10.9. The minimum Gasteiger partial charge on any atom is -0.475 e. The van der Waals surface area contributed by atoms with Crippen LogP contribution in [0.25, 0.3) is 11.0 Å². The number of carboxylic acid groups (broad SMARTS) is 2. The molecule has 0 aliphatic carbocycles. The fourth-order valence-electron chi connectivity index (χ4n) is 3.13. The Balaban J connectivity index is 0.000000384. The van der Waals surface area contributed by atoms with Crippen LogP contribution in [0.4, 0.5) is 32.2 Å². The lowest BCUT2D eigenvalue weighted by molar-refractivity contribution is -0.193. The highest BCUT2D eigenvalue weighted by molar-refractivity contribution is 7.99. The van der Waals surface area contributed by atoms with E-state index in [4.69, 9.17) is 24.8 Å². The van der Waals surface area contributed by atoms with Crippen molar-refractivity contribution in [3.63, 3.8) is 0 Å². The summed E-state index contributed by atoms with van der Waals surface area (Å²) >= 11 is 1.44. The van der Waals surface area contributed by atoms with Crippen molar-refractivity contribution in [1.29, 1.82) is 0 Å². The van der Waals surface area contributed by atoms with Gasteiger partial charge >= 0.3 is 24.3 Å². The molecule has 0 aliphatic rings. The van der Waals surface area contributed by atoms with E-state index in [2.05, 4.69) is 25.3 Å². The SMILES string of the molecule is CCc1[nH]c2nc(Sc3cccnc3)nc(NCCCn3ccnc3)c2c1C=O.O=C(O)C(F)(F)F.O=C(O)C(F)(F)F. The lowest BCUT2D eigenvalue weighted by atomic mass is 10.1. The van der Waals surface area contributed by atoms with E-state index in [0.717, 1.165) is 41.6 Å². The van der Waals surface area contributed by atoms with Crippen LogP contribution in [0.15, 0.2) is 53.3 Å². The second-order valence-corrected chi connectivity index (χ2v) is 9.09. The predicted molar refractivity (Wildman–Crippen MR) is 140 cm³/mol. The van der Waals surface area contributed by atoms with Crippen LogP contribution in [-0.4, -0.2) is 76.8 Å². The Bertz CT molecular complexity index is 1470. The summed E-state index contributed by atoms with van der Waals surface area (Å²) < 4.78 is 65.5. The van der Waals surface area contributed by atoms with Gasteiger partial charge in [0.15, 0.2) is 11.4 Å². The molecule has 12 nitrogen and oxygen atoms in total. The molecule has 43 heavy (non-hydrogen) atoms. The summed E-state index contributed by atoms with van der Waals surface area (Å²) in [4.78, 5) is 51.3. The summed E-state index contributed by atoms with van der Waals surface area (Å²) in [7, 11) is 0. The van der Waals surface area contributed by atoms with E-state index < -0.39 is 24.3 Å². The number of rotatable bonds is 9. The minimum absolute atomic E-state index is 0.601. The van der Waals surface area contributed by atoms with Gasteiger partial charge in [0.1, 0.15) is 11.5 Å². The van der Waals surface area contributed by atoms with Crippen LogP contribution in [0.1, 0.15) is 29.4 Å². The number of anilines is 1. The van der Waals surface area contributed by atoms with Crippen molar-refractivity contribution in [3.05, 3.63) is 54.5 Å². The maximum Gasteiger partial charge on any atom is 0.490 e. The number of carbonyl (C=O) groups is 3. The molecule has 4 heterocycles. The number of alkyl halides is 6. The number of aryl methyl sites for hydroxylation is 2. The number of nitrogens with zero attached hydrogens (tertiary/aromatic N) is 5. The Morgan fingerprint density at radius 3 is 2.21 bits per heavy atom. The number of carbonyl (C=O) groups excluding carboxylic acids is 1. The number of hydrogen-bond donors (Lipinski definition) is 4. The minimum atomic E-state index is -5.08. The topological polar surface area (TPSA) is 176 Å². The number of halogens is 6. The molecule has 0 saturated heterocycles. The summed E-state index contributed by atoms with van der Waals surface area (Å²) in [5.74, 6) is -4.84. The van der Waals surface area contributed by atoms with Gasteiger partial charge in [-0.05, 0) is 36.7 Å². The number of carboxylic acids is 2. The van der Waals surface area contributed by atoms with Gasteiger partial charge in [-0.15, -0.1) is 0 Å². The van der Waals surface area contributed by atoms with Crippen LogP contribution in [0.3, 0.4) is 0 Å². The third-order valence-electron chi connectivity index (χ3n) is 5.00. The van der Waals surface area contributed by atoms with E-state index in [9.17, 15) is 31.1 Å². The molecule has 0 atom stereocenters. The van der Waals surface area contributed by atoms with E-state index in [-0.39, 0.29) is 0 Å². The first-order valence-corrected chi connectivity index (χ1v) is 12.7. The van der Waals surface area contributed by atoms with Crippen molar-refractivity contribution < 1.29 is 50.9 Å². The van der Waals surface area contributed by atoms with Crippen LogP contribution in [0.5, 0.6) is 0 Å². The van der Waals surface area contributed by atoms with Crippen molar-refractivity contribution in [2.24, 2.45) is 0 Å². The Morgan fingerprint density at radius 1 is 1.07 bits per heavy atom. The van der Waals surface area contributed by atoms with E-state index in [1.54, 1.807) is 24.9 Å². The molecule has 19 heteroatoms. The number of hydrogen-bond acceptors (Lipinski definition) is 9. The first-order valence-electron chi connectivity index (χ1n) is 11.9. The zero-order valence-corrected chi connectivity index (χ0v) is 22.8. The van der Waals surface area contributed by atoms with E-state index in [0.29, 0.717) is 28.7 Å². The average Bonchev–Trinajstić information content (AvgIpc) is 3.58. The molecule has 4 rings (SSSR count). The lowest BCUT2D eigenvalue weighted by Gasteiger charge is -2.09. The van der Waals surface area contributed by atoms with Gasteiger partial charge < -0.3 is 25.1 Å². The molecule has 0 fully saturated rings. The van der Waals surface area contributed by atoms with Crippen LogP contribution >= 0.6 is 11.8 Å². The summed E-state index contributed by atoms with van der Waals surface area (Å²) in [5, 5.41) is 19.0. The van der Waals surface area contributed by atoms with Crippen molar-refractivity contribution in [2.45, 2.75) is 48.7 Å². The van der Waals surface area contributed by atoms with Crippen molar-refractivity contribution >= 4 is 46.8 Å². The van der Waals surface area contributed by atoms with Crippen LogP contribution in [0.2, 0.25) is 0 Å². The molecule has 0 spiro atoms. The summed E-state index contributed by atoms with van der Waals surface area (Å²) in [6.07, 6.45) is 1.35. The van der Waals surface area contributed by atoms with Crippen LogP contribution < -0.4 is 5.32 Å². The molecule has 0 aliphatic heterocycles. The lowest BCUT2D eigenvalue weighted by Crippen LogP contribution is -2.21. The molecule has 0 aromatic carbocycles. The monoisotopic (exact) mass is 635 g/mol. The average molecular weight is 636 g/mol. The number of pyridine rings is 1. The smallest absolute Gasteiger partial charge is 0.475 e. The molecule has 0 bridgehead atoms. The van der Waals surface area contributed by atoms with Crippen LogP contribution in [0, 0.1) is 0 Å². The Kier molecular flexibility index (Phi) is 12.5. The molecule has 232 valence electrons. The van der Waals surface area contributed by atoms with Gasteiger partial charge in [0, 0.05) is 54.0 Å². The molecule has 0 unspecified atom stereocenters. The summed E-state index contributed by atoms with van der Waals surface area (Å²) in [5.41, 5.74) is 2.16. The predicted octanol–water partition coefficient (Wildman–Crippen LogP) is 4.84. The molecule has 4 aromatic rings. The highest BCUT2D eigenvalue weighted by Crippen LogP contribution is 2.31. The normalized spacial score (nSPS) is 11.1. The molecule has 0 amide bonds. The number of fused-ring (bicyclic) bond motifs is 1. The van der Waals surface area contributed by atoms with Crippen molar-refractivity contribution in [1.82, 2.24) is 29.5 Å². The summed E-state index contributed by atoms with van der Waals surface area (Å²) in [6.45, 7) is 3.58. The largest absolute Gasteiger partial charge is 0.490 e. The molecule has 4 aromatic heterocycles. The van der Waals surface area contributed by atoms with Gasteiger partial charge in [0.25, 0.3) is 0 Å². The van der Waals surface area contributed by atoms with Gasteiger partial charge in [0.05, 0.1) is 11.7 Å². The van der Waals surface area contributed by atoms with E-state index in [1.165, 1.54) is 11.8 Å². The highest BCUT2D eigenvalue weighted by Gasteiger charge is 2.38. The summed E-state index contributed by atoms with van der Waals surface area (Å²) in [6, 6.07) is 3.84. The van der Waals surface area contributed by atoms with Gasteiger partial charge in [-0.2, -0.15) is 26.3 Å². The molecule has 4 N–H and O–H groups in total. The fraction of sp³-hybridized carbons (Fsp3) is 0.292.